The van der Waals surface area contributed by atoms with Crippen LogP contribution in [0.25, 0.3) is 11.0 Å². The molecule has 9 nitrogen and oxygen atoms in total. The minimum atomic E-state index is -0.644. The number of hydrogen-bond donors (Lipinski definition) is 3. The van der Waals surface area contributed by atoms with Crippen LogP contribution in [0.1, 0.15) is 29.6 Å². The third kappa shape index (κ3) is 5.88. The van der Waals surface area contributed by atoms with Gasteiger partial charge in [-0.2, -0.15) is 9.89 Å². The van der Waals surface area contributed by atoms with E-state index in [0.29, 0.717) is 39.6 Å². The van der Waals surface area contributed by atoms with Gasteiger partial charge in [0.25, 0.3) is 5.91 Å². The Morgan fingerprint density at radius 3 is 2.58 bits per heavy atom. The van der Waals surface area contributed by atoms with E-state index >= 15 is 0 Å². The van der Waals surface area contributed by atoms with Gasteiger partial charge in [-0.3, -0.25) is 4.79 Å². The summed E-state index contributed by atoms with van der Waals surface area (Å²) in [5.41, 5.74) is 11.7. The lowest BCUT2D eigenvalue weighted by atomic mass is 10.1. The van der Waals surface area contributed by atoms with E-state index in [9.17, 15) is 13.6 Å². The van der Waals surface area contributed by atoms with Gasteiger partial charge in [0.05, 0.1) is 11.8 Å². The van der Waals surface area contributed by atoms with Crippen LogP contribution in [0.4, 0.5) is 20.2 Å². The van der Waals surface area contributed by atoms with Crippen LogP contribution in [-0.2, 0) is 4.74 Å². The maximum Gasteiger partial charge on any atom is 0.273 e. The zero-order valence-corrected chi connectivity index (χ0v) is 22.5. The molecule has 0 spiro atoms. The van der Waals surface area contributed by atoms with Gasteiger partial charge in [-0.1, -0.05) is 11.8 Å². The lowest BCUT2D eigenvalue weighted by molar-refractivity contribution is 0.0904. The van der Waals surface area contributed by atoms with Crippen molar-refractivity contribution in [1.82, 2.24) is 14.9 Å². The SMILES string of the molecule is N[C@H]1CCN(c2ccc(C(=O)Nn3ncc4cc(Sc5cc(F)cc(F)c5)cnc43)c(NC3CCOCC3)c2)C1. The number of aromatic nitrogens is 3. The molecule has 40 heavy (non-hydrogen) atoms. The van der Waals surface area contributed by atoms with Crippen molar-refractivity contribution in [3.05, 3.63) is 72.1 Å². The zero-order valence-electron chi connectivity index (χ0n) is 21.6. The molecule has 2 saturated heterocycles. The van der Waals surface area contributed by atoms with Crippen LogP contribution in [0.15, 0.2) is 64.6 Å². The number of carbonyl (C=O) groups excluding carboxylic acids is 1. The van der Waals surface area contributed by atoms with E-state index < -0.39 is 11.6 Å². The number of fused-ring (bicyclic) bond motifs is 1. The summed E-state index contributed by atoms with van der Waals surface area (Å²) in [6.45, 7) is 3.02. The molecule has 0 saturated carbocycles. The molecule has 0 bridgehead atoms. The first-order chi connectivity index (χ1) is 19.4. The molecule has 2 aliphatic heterocycles. The molecule has 0 radical (unpaired) electrons. The van der Waals surface area contributed by atoms with Gasteiger partial charge in [-0.25, -0.2) is 19.2 Å². The van der Waals surface area contributed by atoms with Crippen molar-refractivity contribution < 1.29 is 18.3 Å². The van der Waals surface area contributed by atoms with E-state index in [-0.39, 0.29) is 18.0 Å². The first kappa shape index (κ1) is 26.5. The van der Waals surface area contributed by atoms with Crippen molar-refractivity contribution in [2.75, 3.05) is 41.9 Å². The molecule has 12 heteroatoms. The number of ether oxygens (including phenoxy) is 1. The largest absolute Gasteiger partial charge is 0.381 e. The summed E-state index contributed by atoms with van der Waals surface area (Å²) >= 11 is 1.19. The lowest BCUT2D eigenvalue weighted by Crippen LogP contribution is -2.31. The average Bonchev–Trinajstić information content (AvgIpc) is 3.54. The maximum atomic E-state index is 13.6. The number of nitrogens with two attached hydrogens (primary N) is 1. The van der Waals surface area contributed by atoms with Gasteiger partial charge in [0.15, 0.2) is 5.65 Å². The Labute approximate surface area is 234 Å². The number of anilines is 2. The summed E-state index contributed by atoms with van der Waals surface area (Å²) in [7, 11) is 0. The number of halogens is 2. The van der Waals surface area contributed by atoms with Crippen LogP contribution < -0.4 is 21.4 Å². The molecule has 2 aliphatic rings. The van der Waals surface area contributed by atoms with Crippen LogP contribution in [-0.4, -0.2) is 59.2 Å². The molecule has 2 fully saturated rings. The third-order valence-corrected chi connectivity index (χ3v) is 8.01. The minimum Gasteiger partial charge on any atom is -0.381 e. The summed E-state index contributed by atoms with van der Waals surface area (Å²) in [5, 5.41) is 8.54. The van der Waals surface area contributed by atoms with Gasteiger partial charge in [0.1, 0.15) is 11.6 Å². The molecule has 6 rings (SSSR count). The number of benzene rings is 2. The second kappa shape index (κ2) is 11.4. The van der Waals surface area contributed by atoms with Crippen molar-refractivity contribution in [2.24, 2.45) is 5.73 Å². The van der Waals surface area contributed by atoms with Gasteiger partial charge < -0.3 is 20.7 Å². The maximum absolute atomic E-state index is 13.6. The zero-order chi connectivity index (χ0) is 27.6. The highest BCUT2D eigenvalue weighted by molar-refractivity contribution is 7.99. The smallest absolute Gasteiger partial charge is 0.273 e. The van der Waals surface area contributed by atoms with E-state index in [4.69, 9.17) is 10.5 Å². The summed E-state index contributed by atoms with van der Waals surface area (Å²) in [4.78, 5) is 22.6. The highest BCUT2D eigenvalue weighted by atomic mass is 32.2. The van der Waals surface area contributed by atoms with Crippen LogP contribution in [0.5, 0.6) is 0 Å². The Morgan fingerprint density at radius 2 is 1.82 bits per heavy atom. The first-order valence-corrected chi connectivity index (χ1v) is 14.0. The van der Waals surface area contributed by atoms with E-state index in [1.807, 2.05) is 18.2 Å². The number of hydrogen-bond acceptors (Lipinski definition) is 8. The third-order valence-electron chi connectivity index (χ3n) is 7.08. The Balaban J connectivity index is 1.23. The summed E-state index contributed by atoms with van der Waals surface area (Å²) in [5.74, 6) is -1.62. The molecule has 4 heterocycles. The second-order valence-corrected chi connectivity index (χ2v) is 11.2. The van der Waals surface area contributed by atoms with Crippen molar-refractivity contribution in [2.45, 2.75) is 41.1 Å². The number of nitrogens with zero attached hydrogens (tertiary/aromatic N) is 4. The Kier molecular flexibility index (Phi) is 7.55. The van der Waals surface area contributed by atoms with Crippen molar-refractivity contribution >= 4 is 40.1 Å². The molecule has 4 N–H and O–H groups in total. The lowest BCUT2D eigenvalue weighted by Gasteiger charge is -2.27. The van der Waals surface area contributed by atoms with E-state index in [2.05, 4.69) is 25.7 Å². The van der Waals surface area contributed by atoms with Gasteiger partial charge in [0.2, 0.25) is 0 Å². The minimum absolute atomic E-state index is 0.143. The van der Waals surface area contributed by atoms with Crippen LogP contribution >= 0.6 is 11.8 Å². The van der Waals surface area contributed by atoms with Gasteiger partial charge >= 0.3 is 0 Å². The number of amides is 1. The second-order valence-electron chi connectivity index (χ2n) is 10.0. The van der Waals surface area contributed by atoms with E-state index in [1.165, 1.54) is 28.7 Å². The molecule has 208 valence electrons. The fraction of sp³-hybridized carbons (Fsp3) is 0.321. The fourth-order valence-corrected chi connectivity index (χ4v) is 5.96. The highest BCUT2D eigenvalue weighted by Crippen LogP contribution is 2.31. The van der Waals surface area contributed by atoms with Gasteiger partial charge in [-0.05, 0) is 55.7 Å². The fourth-order valence-electron chi connectivity index (χ4n) is 5.05. The number of carbonyl (C=O) groups is 1. The van der Waals surface area contributed by atoms with Crippen molar-refractivity contribution in [3.8, 4) is 0 Å². The summed E-state index contributed by atoms with van der Waals surface area (Å²) in [6, 6.07) is 11.3. The van der Waals surface area contributed by atoms with E-state index in [0.717, 1.165) is 49.8 Å². The molecular formula is C28H29F2N7O2S. The molecule has 1 atom stereocenters. The number of nitrogens with one attached hydrogen (secondary N) is 2. The van der Waals surface area contributed by atoms with Gasteiger partial charge in [-0.15, -0.1) is 0 Å². The first-order valence-electron chi connectivity index (χ1n) is 13.2. The predicted molar refractivity (Wildman–Crippen MR) is 150 cm³/mol. The van der Waals surface area contributed by atoms with Crippen molar-refractivity contribution in [3.63, 3.8) is 0 Å². The quantitative estimate of drug-likeness (QED) is 0.303. The average molecular weight is 566 g/mol. The summed E-state index contributed by atoms with van der Waals surface area (Å²) < 4.78 is 32.7. The monoisotopic (exact) mass is 565 g/mol. The van der Waals surface area contributed by atoms with Gasteiger partial charge in [0, 0.05) is 77.2 Å². The molecule has 0 unspecified atom stereocenters. The number of rotatable bonds is 7. The number of pyridine rings is 1. The Morgan fingerprint density at radius 1 is 1.02 bits per heavy atom. The molecule has 2 aromatic heterocycles. The normalized spacial score (nSPS) is 17.9. The standard InChI is InChI=1S/C28H29F2N7O2S/c29-18-10-19(30)12-23(11-18)40-24-9-17-14-33-37(27(17)32-15-24)35-28(38)25-2-1-22(36-6-3-20(31)16-36)13-26(25)34-21-4-7-39-8-5-21/h1-2,9-15,20-21,34H,3-8,16,31H2,(H,35,38)/t20-/m0/s1. The molecule has 2 aromatic carbocycles. The predicted octanol–water partition coefficient (Wildman–Crippen LogP) is 4.37. The Hall–Kier alpha value is -3.74. The van der Waals surface area contributed by atoms with E-state index in [1.54, 1.807) is 18.5 Å². The molecule has 1 amide bonds. The van der Waals surface area contributed by atoms with Crippen LogP contribution in [0.2, 0.25) is 0 Å². The topological polar surface area (TPSA) is 110 Å². The summed E-state index contributed by atoms with van der Waals surface area (Å²) in [6.07, 6.45) is 5.81. The molecule has 4 aromatic rings. The van der Waals surface area contributed by atoms with Crippen LogP contribution in [0.3, 0.4) is 0 Å². The molecule has 0 aliphatic carbocycles. The highest BCUT2D eigenvalue weighted by Gasteiger charge is 2.23. The van der Waals surface area contributed by atoms with Crippen LogP contribution in [0, 0.1) is 11.6 Å². The van der Waals surface area contributed by atoms with Crippen molar-refractivity contribution in [1.29, 1.82) is 0 Å². The Bertz CT molecular complexity index is 1520. The molecular weight excluding hydrogens is 536 g/mol.